The minimum Gasteiger partial charge on any atom is -0.464 e. The fourth-order valence-corrected chi connectivity index (χ4v) is 3.79. The van der Waals surface area contributed by atoms with E-state index in [0.717, 1.165) is 30.7 Å². The molecule has 0 fully saturated rings. The number of hydrogen-bond donors (Lipinski definition) is 7. The van der Waals surface area contributed by atoms with Crippen LogP contribution in [-0.2, 0) is 63.2 Å². The van der Waals surface area contributed by atoms with Gasteiger partial charge in [0.1, 0.15) is 18.7 Å². The zero-order chi connectivity index (χ0) is 39.5. The molecule has 0 aliphatic heterocycles. The van der Waals surface area contributed by atoms with Crippen molar-refractivity contribution in [1.29, 1.82) is 0 Å². The number of esters is 1. The second-order valence-corrected chi connectivity index (χ2v) is 10.7. The quantitative estimate of drug-likeness (QED) is 0.0562. The summed E-state index contributed by atoms with van der Waals surface area (Å²) in [5.41, 5.74) is 6.31. The molecule has 5 amide bonds. The number of hydroxylamine groups is 2. The number of carbonyl (C=O) groups is 5. The Bertz CT molecular complexity index is 1010. The molecule has 8 N–H and O–H groups in total. The van der Waals surface area contributed by atoms with Gasteiger partial charge in [0.05, 0.1) is 13.2 Å². The largest absolute Gasteiger partial charge is 0.464 e. The molecule has 0 aliphatic rings. The summed E-state index contributed by atoms with van der Waals surface area (Å²) in [7, 11) is 1.49. The van der Waals surface area contributed by atoms with Crippen molar-refractivity contribution in [2.45, 2.75) is 133 Å². The molecule has 0 bridgehead atoms. The maximum atomic E-state index is 13.1. The first-order chi connectivity index (χ1) is 23.8. The average Bonchev–Trinajstić information content (AvgIpc) is 3.09. The first kappa shape index (κ1) is 57.7. The van der Waals surface area contributed by atoms with Crippen molar-refractivity contribution < 1.29 is 71.7 Å². The Labute approximate surface area is 333 Å². The first-order valence-electron chi connectivity index (χ1n) is 18.0. The first-order valence-corrected chi connectivity index (χ1v) is 18.0. The van der Waals surface area contributed by atoms with Crippen molar-refractivity contribution in [2.24, 2.45) is 11.7 Å². The van der Waals surface area contributed by atoms with Crippen LogP contribution in [0.15, 0.2) is 24.3 Å². The van der Waals surface area contributed by atoms with Gasteiger partial charge in [0.2, 0.25) is 17.7 Å². The molecule has 1 rings (SSSR count). The number of nitrogens with two attached hydrogens (primary N) is 1. The number of urea groups is 1. The number of unbranched alkanes of at least 4 members (excludes halogenated alkanes) is 3. The Kier molecular flexibility index (Phi) is 45.4. The van der Waals surface area contributed by atoms with Crippen LogP contribution in [-0.4, -0.2) is 83.9 Å². The zero-order valence-corrected chi connectivity index (χ0v) is 36.1. The van der Waals surface area contributed by atoms with E-state index in [1.165, 1.54) is 14.0 Å². The minimum absolute atomic E-state index is 0. The van der Waals surface area contributed by atoms with Gasteiger partial charge in [-0.25, -0.2) is 4.79 Å². The summed E-state index contributed by atoms with van der Waals surface area (Å²) in [5.74, 6) is -1.56. The number of carbonyl (C=O) groups excluding carboxylic acids is 5. The molecule has 0 saturated carbocycles. The maximum absolute atomic E-state index is 13.1. The molecule has 0 aliphatic carbocycles. The second-order valence-electron chi connectivity index (χ2n) is 10.7. The van der Waals surface area contributed by atoms with E-state index in [-0.39, 0.29) is 76.7 Å². The number of aliphatic hydroxyl groups is 1. The van der Waals surface area contributed by atoms with E-state index >= 15 is 0 Å². The Morgan fingerprint density at radius 3 is 1.90 bits per heavy atom. The summed E-state index contributed by atoms with van der Waals surface area (Å²) in [6.45, 7) is 19.8. The van der Waals surface area contributed by atoms with E-state index in [1.54, 1.807) is 24.3 Å². The maximum Gasteiger partial charge on any atom is 0.312 e. The van der Waals surface area contributed by atoms with Gasteiger partial charge in [-0.05, 0) is 42.9 Å². The smallest absolute Gasteiger partial charge is 0.312 e. The topological polar surface area (TPSA) is 212 Å². The Balaban J connectivity index is -0.000000374. The van der Waals surface area contributed by atoms with Crippen LogP contribution < -0.4 is 27.0 Å². The molecule has 0 saturated heterocycles. The molecule has 0 spiro atoms. The molecular weight excluding hydrogens is 733 g/mol. The molecule has 1 aromatic carbocycles. The van der Waals surface area contributed by atoms with E-state index < -0.39 is 29.9 Å². The van der Waals surface area contributed by atoms with E-state index in [1.807, 2.05) is 55.4 Å². The van der Waals surface area contributed by atoms with Gasteiger partial charge in [-0.3, -0.25) is 19.2 Å². The third kappa shape index (κ3) is 35.5. The summed E-state index contributed by atoms with van der Waals surface area (Å²) >= 11 is 0. The van der Waals surface area contributed by atoms with E-state index in [0.29, 0.717) is 30.6 Å². The fraction of sp³-hybridized carbons (Fsp3) is 0.694. The Morgan fingerprint density at radius 2 is 1.45 bits per heavy atom. The van der Waals surface area contributed by atoms with Crippen LogP contribution in [0.4, 0.5) is 10.5 Å². The molecule has 14 nitrogen and oxygen atoms in total. The number of nitrogens with zero attached hydrogens (tertiary/aromatic N) is 1. The average molecular weight is 804 g/mol. The molecule has 1 radical (unpaired) electrons. The number of anilines is 1. The summed E-state index contributed by atoms with van der Waals surface area (Å²) in [4.78, 5) is 59.4. The van der Waals surface area contributed by atoms with Crippen LogP contribution in [0.3, 0.4) is 0 Å². The number of primary amides is 1. The molecule has 0 aromatic heterocycles. The molecule has 0 heterocycles. The molecule has 2 atom stereocenters. The summed E-state index contributed by atoms with van der Waals surface area (Å²) < 4.78 is 4.51. The van der Waals surface area contributed by atoms with Gasteiger partial charge in [0.25, 0.3) is 0 Å². The molecule has 1 aromatic rings. The van der Waals surface area contributed by atoms with Gasteiger partial charge in [0, 0.05) is 65.3 Å². The van der Waals surface area contributed by atoms with E-state index in [9.17, 15) is 29.1 Å². The van der Waals surface area contributed by atoms with Crippen LogP contribution >= 0.6 is 0 Å². The molecule has 1 unspecified atom stereocenters. The summed E-state index contributed by atoms with van der Waals surface area (Å²) in [5, 5.41) is 29.4. The number of benzene rings is 1. The van der Waals surface area contributed by atoms with Crippen molar-refractivity contribution >= 4 is 35.4 Å². The Morgan fingerprint density at radius 1 is 0.882 bits per heavy atom. The molecular formula is C36H70N6O8Y. The summed E-state index contributed by atoms with van der Waals surface area (Å²) in [6, 6.07) is 4.35. The van der Waals surface area contributed by atoms with Crippen LogP contribution in [0.2, 0.25) is 0 Å². The van der Waals surface area contributed by atoms with Gasteiger partial charge in [0.15, 0.2) is 0 Å². The van der Waals surface area contributed by atoms with Crippen LogP contribution in [0.1, 0.15) is 120 Å². The van der Waals surface area contributed by atoms with Gasteiger partial charge >= 0.3 is 12.0 Å². The third-order valence-electron chi connectivity index (χ3n) is 6.25. The molecule has 51 heavy (non-hydrogen) atoms. The number of hydrogen-bond acceptors (Lipinski definition) is 9. The van der Waals surface area contributed by atoms with Gasteiger partial charge < -0.3 is 42.1 Å². The van der Waals surface area contributed by atoms with Crippen molar-refractivity contribution in [3.63, 3.8) is 0 Å². The normalized spacial score (nSPS) is 10.6. The van der Waals surface area contributed by atoms with Gasteiger partial charge in [-0.15, -0.1) is 0 Å². The van der Waals surface area contributed by atoms with Gasteiger partial charge in [-0.1, -0.05) is 93.7 Å². The summed E-state index contributed by atoms with van der Waals surface area (Å²) in [6.07, 6.45) is 4.86. The van der Waals surface area contributed by atoms with Crippen molar-refractivity contribution in [2.75, 3.05) is 32.1 Å². The molecule has 15 heteroatoms. The van der Waals surface area contributed by atoms with E-state index in [2.05, 4.69) is 32.9 Å². The standard InChI is InChI=1S/C25H41N5O5.C5H11NO3.3C2H6.Y/c1-4-5-6-7-10-21(32)30-22(17(2)3)24(34)29-20(9-8-15-27-25(26)35)23(33)28-19-13-11-18(16-31)12-14-19;1-5(7)9-4-3-6(2)8;3*1-2;/h11-14,17,20,22,31H,4-10,15-16H2,1-3H3,(H,28,33)(H,29,34)(H,30,32)(H3,26,27,35);8H,3-4H2,1-2H3;3*1-2H3;/t20-,22?;;;;;/m0...../s1. The minimum atomic E-state index is -0.891. The number of likely N-dealkylation sites (N-methyl/N-ethyl adjacent to an activating group) is 1. The molecule has 295 valence electrons. The van der Waals surface area contributed by atoms with Crippen LogP contribution in [0.25, 0.3) is 0 Å². The number of amides is 5. The fourth-order valence-electron chi connectivity index (χ4n) is 3.79. The van der Waals surface area contributed by atoms with Crippen molar-refractivity contribution in [3.05, 3.63) is 29.8 Å². The number of aliphatic hydroxyl groups excluding tert-OH is 1. The van der Waals surface area contributed by atoms with Crippen molar-refractivity contribution in [3.8, 4) is 0 Å². The van der Waals surface area contributed by atoms with Crippen LogP contribution in [0.5, 0.6) is 0 Å². The van der Waals surface area contributed by atoms with E-state index in [4.69, 9.17) is 10.9 Å². The second kappa shape index (κ2) is 40.1. The number of nitrogens with one attached hydrogen (secondary N) is 4. The SMILES string of the molecule is CC.CC.CC.CC(=O)OCCN(C)O.CCCCCCC(=O)NC(C(=O)N[C@@H](CCCNC(N)=O)C(=O)Nc1ccc(CO)cc1)C(C)C.[Y]. The predicted octanol–water partition coefficient (Wildman–Crippen LogP) is 5.11. The monoisotopic (exact) mass is 803 g/mol. The Hall–Kier alpha value is -2.65. The van der Waals surface area contributed by atoms with Gasteiger partial charge in [-0.2, -0.15) is 5.06 Å². The number of rotatable bonds is 19. The van der Waals surface area contributed by atoms with Crippen LogP contribution in [0, 0.1) is 5.92 Å². The zero-order valence-electron chi connectivity index (χ0n) is 33.3. The third-order valence-corrected chi connectivity index (χ3v) is 6.25. The van der Waals surface area contributed by atoms with Crippen molar-refractivity contribution in [1.82, 2.24) is 21.0 Å². The number of ether oxygens (including phenoxy) is 1. The predicted molar refractivity (Wildman–Crippen MR) is 200 cm³/mol.